The third-order valence-corrected chi connectivity index (χ3v) is 4.13. The lowest BCUT2D eigenvalue weighted by molar-refractivity contribution is 0.193. The lowest BCUT2D eigenvalue weighted by atomic mass is 10.3. The van der Waals surface area contributed by atoms with E-state index in [1.807, 2.05) is 13.0 Å². The predicted octanol–water partition coefficient (Wildman–Crippen LogP) is 1.82. The van der Waals surface area contributed by atoms with E-state index in [1.54, 1.807) is 25.3 Å². The number of hydrogen-bond acceptors (Lipinski definition) is 4. The van der Waals surface area contributed by atoms with E-state index in [2.05, 4.69) is 10.0 Å². The van der Waals surface area contributed by atoms with Crippen LogP contribution in [0.4, 0.5) is 5.69 Å². The summed E-state index contributed by atoms with van der Waals surface area (Å²) in [5.41, 5.74) is 0.634. The fourth-order valence-corrected chi connectivity index (χ4v) is 2.95. The van der Waals surface area contributed by atoms with Gasteiger partial charge in [-0.15, -0.1) is 0 Å². The molecule has 0 saturated carbocycles. The Labute approximate surface area is 115 Å². The van der Waals surface area contributed by atoms with Crippen LogP contribution in [0, 0.1) is 0 Å². The molecule has 1 rings (SSSR count). The third kappa shape index (κ3) is 5.18. The molecule has 0 aliphatic rings. The Morgan fingerprint density at radius 2 is 1.95 bits per heavy atom. The van der Waals surface area contributed by atoms with Gasteiger partial charge in [-0.3, -0.25) is 0 Å². The van der Waals surface area contributed by atoms with E-state index in [1.165, 1.54) is 0 Å². The monoisotopic (exact) mass is 286 g/mol. The van der Waals surface area contributed by atoms with Crippen molar-refractivity contribution in [2.45, 2.75) is 24.7 Å². The Bertz CT molecular complexity index is 475. The van der Waals surface area contributed by atoms with Crippen molar-refractivity contribution in [1.29, 1.82) is 0 Å². The number of ether oxygens (including phenoxy) is 1. The minimum atomic E-state index is -3.45. The first-order chi connectivity index (χ1) is 9.11. The van der Waals surface area contributed by atoms with Crippen LogP contribution >= 0.6 is 0 Å². The van der Waals surface area contributed by atoms with Gasteiger partial charge in [0, 0.05) is 26.8 Å². The van der Waals surface area contributed by atoms with Gasteiger partial charge in [-0.25, -0.2) is 13.1 Å². The van der Waals surface area contributed by atoms with E-state index >= 15 is 0 Å². The molecule has 0 aliphatic heterocycles. The summed E-state index contributed by atoms with van der Waals surface area (Å²) >= 11 is 0. The molecular weight excluding hydrogens is 264 g/mol. The zero-order valence-electron chi connectivity index (χ0n) is 11.5. The van der Waals surface area contributed by atoms with Gasteiger partial charge in [-0.05, 0) is 31.9 Å². The van der Waals surface area contributed by atoms with Crippen LogP contribution in [0.3, 0.4) is 0 Å². The van der Waals surface area contributed by atoms with Crippen LogP contribution in [0.2, 0.25) is 0 Å². The Hall–Kier alpha value is -1.11. The van der Waals surface area contributed by atoms with Crippen molar-refractivity contribution in [2.24, 2.45) is 0 Å². The molecule has 19 heavy (non-hydrogen) atoms. The Morgan fingerprint density at radius 1 is 1.21 bits per heavy atom. The first kappa shape index (κ1) is 15.9. The van der Waals surface area contributed by atoms with Crippen molar-refractivity contribution in [3.63, 3.8) is 0 Å². The van der Waals surface area contributed by atoms with Gasteiger partial charge in [0.25, 0.3) is 0 Å². The van der Waals surface area contributed by atoms with E-state index in [4.69, 9.17) is 4.74 Å². The number of rotatable bonds is 9. The average Bonchev–Trinajstić information content (AvgIpc) is 2.39. The highest BCUT2D eigenvalue weighted by Crippen LogP contribution is 2.20. The molecule has 108 valence electrons. The largest absolute Gasteiger partial charge is 0.385 e. The van der Waals surface area contributed by atoms with Gasteiger partial charge in [0.1, 0.15) is 4.90 Å². The first-order valence-corrected chi connectivity index (χ1v) is 7.91. The predicted molar refractivity (Wildman–Crippen MR) is 76.9 cm³/mol. The summed E-state index contributed by atoms with van der Waals surface area (Å²) in [5, 5.41) is 3.05. The normalized spacial score (nSPS) is 11.5. The summed E-state index contributed by atoms with van der Waals surface area (Å²) in [6, 6.07) is 6.91. The molecule has 0 saturated heterocycles. The second-order valence-corrected chi connectivity index (χ2v) is 5.86. The highest BCUT2D eigenvalue weighted by molar-refractivity contribution is 7.89. The number of methoxy groups -OCH3 is 1. The average molecular weight is 286 g/mol. The fraction of sp³-hybridized carbons (Fsp3) is 0.538. The highest BCUT2D eigenvalue weighted by atomic mass is 32.2. The molecular formula is C13H22N2O3S. The minimum absolute atomic E-state index is 0.295. The van der Waals surface area contributed by atoms with Crippen molar-refractivity contribution in [3.8, 4) is 0 Å². The molecule has 2 N–H and O–H groups in total. The van der Waals surface area contributed by atoms with Gasteiger partial charge in [0.05, 0.1) is 5.69 Å². The molecule has 0 bridgehead atoms. The lowest BCUT2D eigenvalue weighted by Crippen LogP contribution is -2.25. The number of sulfonamides is 1. The van der Waals surface area contributed by atoms with Crippen LogP contribution in [0.5, 0.6) is 0 Å². The van der Waals surface area contributed by atoms with Gasteiger partial charge in [-0.2, -0.15) is 0 Å². The van der Waals surface area contributed by atoms with Crippen LogP contribution in [0.1, 0.15) is 19.8 Å². The maximum Gasteiger partial charge on any atom is 0.242 e. The van der Waals surface area contributed by atoms with Crippen LogP contribution in [0.25, 0.3) is 0 Å². The maximum atomic E-state index is 12.2. The lowest BCUT2D eigenvalue weighted by Gasteiger charge is -2.12. The molecule has 0 unspecified atom stereocenters. The standard InChI is InChI=1S/C13H22N2O3S/c1-3-14-12-8-4-5-9-13(12)19(16,17)15-10-6-7-11-18-2/h4-5,8-9,14-15H,3,6-7,10-11H2,1-2H3. The number of nitrogens with one attached hydrogen (secondary N) is 2. The van der Waals surface area contributed by atoms with Gasteiger partial charge in [0.15, 0.2) is 0 Å². The molecule has 5 nitrogen and oxygen atoms in total. The van der Waals surface area contributed by atoms with Gasteiger partial charge in [-0.1, -0.05) is 12.1 Å². The molecule has 0 radical (unpaired) electrons. The molecule has 0 atom stereocenters. The summed E-state index contributed by atoms with van der Waals surface area (Å²) in [7, 11) is -1.82. The summed E-state index contributed by atoms with van der Waals surface area (Å²) in [4.78, 5) is 0.295. The van der Waals surface area contributed by atoms with E-state index in [0.717, 1.165) is 12.8 Å². The number of hydrogen-bond donors (Lipinski definition) is 2. The summed E-state index contributed by atoms with van der Waals surface area (Å²) in [6.45, 7) is 3.68. The molecule has 0 aliphatic carbocycles. The van der Waals surface area contributed by atoms with Crippen molar-refractivity contribution in [2.75, 3.05) is 32.1 Å². The van der Waals surface area contributed by atoms with E-state index in [-0.39, 0.29) is 0 Å². The van der Waals surface area contributed by atoms with Crippen LogP contribution in [-0.4, -0.2) is 35.2 Å². The summed E-state index contributed by atoms with van der Waals surface area (Å²) in [5.74, 6) is 0. The summed E-state index contributed by atoms with van der Waals surface area (Å²) < 4.78 is 31.9. The molecule has 0 heterocycles. The molecule has 6 heteroatoms. The van der Waals surface area contributed by atoms with Crippen LogP contribution in [-0.2, 0) is 14.8 Å². The number of unbranched alkanes of at least 4 members (excludes halogenated alkanes) is 1. The zero-order valence-corrected chi connectivity index (χ0v) is 12.3. The minimum Gasteiger partial charge on any atom is -0.385 e. The fourth-order valence-electron chi connectivity index (χ4n) is 1.69. The smallest absolute Gasteiger partial charge is 0.242 e. The van der Waals surface area contributed by atoms with Crippen molar-refractivity contribution >= 4 is 15.7 Å². The first-order valence-electron chi connectivity index (χ1n) is 6.43. The molecule has 0 fully saturated rings. The Morgan fingerprint density at radius 3 is 2.63 bits per heavy atom. The van der Waals surface area contributed by atoms with Crippen LogP contribution < -0.4 is 10.0 Å². The molecule has 1 aromatic rings. The number of para-hydroxylation sites is 1. The zero-order chi connectivity index (χ0) is 14.1. The molecule has 0 amide bonds. The van der Waals surface area contributed by atoms with Crippen LogP contribution in [0.15, 0.2) is 29.2 Å². The molecule has 0 spiro atoms. The molecule has 1 aromatic carbocycles. The van der Waals surface area contributed by atoms with E-state index < -0.39 is 10.0 Å². The van der Waals surface area contributed by atoms with E-state index in [0.29, 0.717) is 30.3 Å². The van der Waals surface area contributed by atoms with Gasteiger partial charge >= 0.3 is 0 Å². The van der Waals surface area contributed by atoms with Gasteiger partial charge < -0.3 is 10.1 Å². The number of anilines is 1. The van der Waals surface area contributed by atoms with Crippen molar-refractivity contribution in [1.82, 2.24) is 4.72 Å². The quantitative estimate of drug-likeness (QED) is 0.680. The second-order valence-electron chi connectivity index (χ2n) is 4.12. The second kappa shape index (κ2) is 8.14. The Balaban J connectivity index is 2.66. The van der Waals surface area contributed by atoms with Crippen molar-refractivity contribution < 1.29 is 13.2 Å². The topological polar surface area (TPSA) is 67.4 Å². The summed E-state index contributed by atoms with van der Waals surface area (Å²) in [6.07, 6.45) is 1.60. The highest BCUT2D eigenvalue weighted by Gasteiger charge is 2.16. The SMILES string of the molecule is CCNc1ccccc1S(=O)(=O)NCCCCOC. The number of benzene rings is 1. The molecule has 0 aromatic heterocycles. The maximum absolute atomic E-state index is 12.2. The Kier molecular flexibility index (Phi) is 6.83. The van der Waals surface area contributed by atoms with Gasteiger partial charge in [0.2, 0.25) is 10.0 Å². The van der Waals surface area contributed by atoms with E-state index in [9.17, 15) is 8.42 Å². The van der Waals surface area contributed by atoms with Crippen molar-refractivity contribution in [3.05, 3.63) is 24.3 Å². The third-order valence-electron chi connectivity index (χ3n) is 2.61.